The van der Waals surface area contributed by atoms with Crippen LogP contribution < -0.4 is 15.7 Å². The molecule has 0 radical (unpaired) electrons. The highest BCUT2D eigenvalue weighted by Gasteiger charge is 2.16. The van der Waals surface area contributed by atoms with E-state index < -0.39 is 5.63 Å². The van der Waals surface area contributed by atoms with Gasteiger partial charge in [0, 0.05) is 21.4 Å². The molecule has 0 aliphatic heterocycles. The summed E-state index contributed by atoms with van der Waals surface area (Å²) in [4.78, 5) is 25.8. The Balaban J connectivity index is 1.57. The molecule has 1 heterocycles. The number of nitrogens with one attached hydrogen (secondary N) is 1. The second kappa shape index (κ2) is 8.45. The van der Waals surface area contributed by atoms with Crippen LogP contribution in [-0.4, -0.2) is 13.0 Å². The molecule has 4 aromatic carbocycles. The number of hydrogen-bond donors (Lipinski definition) is 1. The van der Waals surface area contributed by atoms with Gasteiger partial charge < -0.3 is 14.5 Å². The number of ether oxygens (including phenoxy) is 1. The highest BCUT2D eigenvalue weighted by Crippen LogP contribution is 2.32. The van der Waals surface area contributed by atoms with Crippen LogP contribution in [0.3, 0.4) is 0 Å². The molecule has 5 aromatic rings. The molecule has 162 valence electrons. The van der Waals surface area contributed by atoms with E-state index in [-0.39, 0.29) is 5.91 Å². The number of para-hydroxylation sites is 1. The van der Waals surface area contributed by atoms with E-state index in [0.717, 1.165) is 16.2 Å². The lowest BCUT2D eigenvalue weighted by Crippen LogP contribution is -2.13. The summed E-state index contributed by atoms with van der Waals surface area (Å²) in [6.45, 7) is 0. The summed E-state index contributed by atoms with van der Waals surface area (Å²) in [6.07, 6.45) is 0. The topological polar surface area (TPSA) is 68.5 Å². The van der Waals surface area contributed by atoms with E-state index >= 15 is 0 Å². The molecule has 5 rings (SSSR count). The Labute approximate surface area is 194 Å². The second-order valence-electron chi connectivity index (χ2n) is 7.50. The van der Waals surface area contributed by atoms with Crippen molar-refractivity contribution in [3.63, 3.8) is 0 Å². The smallest absolute Gasteiger partial charge is 0.344 e. The Hall–Kier alpha value is -4.09. The van der Waals surface area contributed by atoms with Gasteiger partial charge in [-0.15, -0.1) is 0 Å². The van der Waals surface area contributed by atoms with E-state index in [1.807, 2.05) is 36.4 Å². The van der Waals surface area contributed by atoms with Gasteiger partial charge in [-0.1, -0.05) is 60.1 Å². The number of benzene rings is 4. The maximum atomic E-state index is 13.2. The number of anilines is 1. The van der Waals surface area contributed by atoms with Gasteiger partial charge in [0.25, 0.3) is 5.91 Å². The van der Waals surface area contributed by atoms with Gasteiger partial charge >= 0.3 is 5.63 Å². The number of fused-ring (bicyclic) bond motifs is 2. The molecule has 1 aromatic heterocycles. The van der Waals surface area contributed by atoms with Crippen LogP contribution in [0.2, 0.25) is 5.02 Å². The Morgan fingerprint density at radius 1 is 0.909 bits per heavy atom. The number of amides is 1. The van der Waals surface area contributed by atoms with Crippen molar-refractivity contribution in [1.82, 2.24) is 0 Å². The van der Waals surface area contributed by atoms with E-state index in [0.29, 0.717) is 38.7 Å². The highest BCUT2D eigenvalue weighted by molar-refractivity contribution is 6.36. The fourth-order valence-electron chi connectivity index (χ4n) is 3.90. The molecule has 0 saturated heterocycles. The van der Waals surface area contributed by atoms with Crippen molar-refractivity contribution in [2.45, 2.75) is 0 Å². The number of carbonyl (C=O) groups is 1. The van der Waals surface area contributed by atoms with Crippen molar-refractivity contribution in [3.8, 4) is 16.9 Å². The minimum atomic E-state index is -0.458. The third-order valence-corrected chi connectivity index (χ3v) is 5.84. The van der Waals surface area contributed by atoms with Crippen molar-refractivity contribution < 1.29 is 13.9 Å². The van der Waals surface area contributed by atoms with E-state index in [1.165, 1.54) is 7.11 Å². The summed E-state index contributed by atoms with van der Waals surface area (Å²) in [5.41, 5.74) is 1.97. The van der Waals surface area contributed by atoms with Crippen LogP contribution in [0.4, 0.5) is 5.69 Å². The summed E-state index contributed by atoms with van der Waals surface area (Å²) in [5.74, 6) is 0.152. The minimum Gasteiger partial charge on any atom is -0.495 e. The Kier molecular flexibility index (Phi) is 5.32. The van der Waals surface area contributed by atoms with Crippen LogP contribution in [0.1, 0.15) is 10.4 Å². The summed E-state index contributed by atoms with van der Waals surface area (Å²) in [6, 6.07) is 25.1. The monoisotopic (exact) mass is 455 g/mol. The van der Waals surface area contributed by atoms with E-state index in [9.17, 15) is 9.59 Å². The van der Waals surface area contributed by atoms with Crippen molar-refractivity contribution in [2.75, 3.05) is 12.4 Å². The number of methoxy groups -OCH3 is 1. The average Bonchev–Trinajstić information content (AvgIpc) is 2.83. The van der Waals surface area contributed by atoms with Gasteiger partial charge in [0.2, 0.25) is 0 Å². The zero-order valence-electron chi connectivity index (χ0n) is 17.6. The molecule has 33 heavy (non-hydrogen) atoms. The molecule has 0 unspecified atom stereocenters. The molecule has 0 aliphatic rings. The molecule has 1 amide bonds. The molecular formula is C27H18ClNO4. The molecule has 0 fully saturated rings. The number of rotatable bonds is 4. The summed E-state index contributed by atoms with van der Waals surface area (Å²) in [7, 11) is 1.52. The number of carbonyl (C=O) groups excluding carboxylic acids is 1. The fraction of sp³-hybridized carbons (Fsp3) is 0.0370. The lowest BCUT2D eigenvalue weighted by atomic mass is 10.0. The molecule has 0 saturated carbocycles. The summed E-state index contributed by atoms with van der Waals surface area (Å²) < 4.78 is 10.9. The molecule has 0 bridgehead atoms. The van der Waals surface area contributed by atoms with Gasteiger partial charge in [0.05, 0.1) is 18.4 Å². The Morgan fingerprint density at radius 2 is 1.70 bits per heavy atom. The summed E-state index contributed by atoms with van der Waals surface area (Å²) >= 11 is 6.30. The first-order chi connectivity index (χ1) is 16.0. The largest absolute Gasteiger partial charge is 0.495 e. The van der Waals surface area contributed by atoms with Crippen molar-refractivity contribution >= 4 is 44.9 Å². The van der Waals surface area contributed by atoms with Crippen LogP contribution in [-0.2, 0) is 0 Å². The highest BCUT2D eigenvalue weighted by atomic mass is 35.5. The lowest BCUT2D eigenvalue weighted by molar-refractivity contribution is 0.102. The van der Waals surface area contributed by atoms with Crippen LogP contribution >= 0.6 is 11.6 Å². The maximum Gasteiger partial charge on any atom is 0.344 e. The Bertz CT molecular complexity index is 1590. The lowest BCUT2D eigenvalue weighted by Gasteiger charge is -2.13. The van der Waals surface area contributed by atoms with Crippen molar-refractivity contribution in [2.24, 2.45) is 0 Å². The van der Waals surface area contributed by atoms with Gasteiger partial charge in [-0.2, -0.15) is 0 Å². The zero-order valence-corrected chi connectivity index (χ0v) is 18.3. The Morgan fingerprint density at radius 3 is 2.55 bits per heavy atom. The third kappa shape index (κ3) is 3.83. The molecular weight excluding hydrogens is 438 g/mol. The van der Waals surface area contributed by atoms with Crippen LogP contribution in [0.15, 0.2) is 94.1 Å². The van der Waals surface area contributed by atoms with E-state index in [4.69, 9.17) is 20.8 Å². The van der Waals surface area contributed by atoms with Crippen LogP contribution in [0, 0.1) is 0 Å². The van der Waals surface area contributed by atoms with Gasteiger partial charge in [0.15, 0.2) is 0 Å². The van der Waals surface area contributed by atoms with Gasteiger partial charge in [-0.3, -0.25) is 4.79 Å². The van der Waals surface area contributed by atoms with Crippen LogP contribution in [0.25, 0.3) is 32.9 Å². The molecule has 1 N–H and O–H groups in total. The minimum absolute atomic E-state index is 0.316. The third-order valence-electron chi connectivity index (χ3n) is 5.51. The first kappa shape index (κ1) is 20.8. The van der Waals surface area contributed by atoms with Gasteiger partial charge in [-0.25, -0.2) is 4.79 Å². The standard InChI is InChI=1S/C27H18ClNO4/c1-32-25-13-12-16(21-14-17-6-2-3-11-24(17)33-27(21)31)15-23(25)29-26(30)20-9-4-8-19-18(20)7-5-10-22(19)28/h2-15H,1H3,(H,29,30). The quantitative estimate of drug-likeness (QED) is 0.313. The van der Waals surface area contributed by atoms with Crippen LogP contribution in [0.5, 0.6) is 5.75 Å². The maximum absolute atomic E-state index is 13.2. The van der Waals surface area contributed by atoms with Gasteiger partial charge in [0.1, 0.15) is 11.3 Å². The molecule has 0 aliphatic carbocycles. The van der Waals surface area contributed by atoms with Gasteiger partial charge in [-0.05, 0) is 47.3 Å². The second-order valence-corrected chi connectivity index (χ2v) is 7.90. The number of halogens is 1. The van der Waals surface area contributed by atoms with Crippen molar-refractivity contribution in [3.05, 3.63) is 106 Å². The normalized spacial score (nSPS) is 11.0. The van der Waals surface area contributed by atoms with E-state index in [2.05, 4.69) is 5.32 Å². The average molecular weight is 456 g/mol. The molecule has 0 atom stereocenters. The fourth-order valence-corrected chi connectivity index (χ4v) is 4.13. The molecule has 6 heteroatoms. The summed E-state index contributed by atoms with van der Waals surface area (Å²) in [5, 5.41) is 5.83. The molecule has 5 nitrogen and oxygen atoms in total. The first-order valence-corrected chi connectivity index (χ1v) is 10.6. The van der Waals surface area contributed by atoms with Crippen molar-refractivity contribution in [1.29, 1.82) is 0 Å². The number of hydrogen-bond acceptors (Lipinski definition) is 4. The van der Waals surface area contributed by atoms with E-state index in [1.54, 1.807) is 48.5 Å². The SMILES string of the molecule is COc1ccc(-c2cc3ccccc3oc2=O)cc1NC(=O)c1cccc2c(Cl)cccc12. The first-order valence-electron chi connectivity index (χ1n) is 10.2. The predicted molar refractivity (Wildman–Crippen MR) is 131 cm³/mol. The zero-order chi connectivity index (χ0) is 22.9. The molecule has 0 spiro atoms. The predicted octanol–water partition coefficient (Wildman–Crippen LogP) is 6.53.